The third kappa shape index (κ3) is 2.69. The Kier molecular flexibility index (Phi) is 3.70. The van der Waals surface area contributed by atoms with E-state index in [1.807, 2.05) is 0 Å². The summed E-state index contributed by atoms with van der Waals surface area (Å²) >= 11 is 0. The molecule has 1 rings (SSSR count). The Balaban J connectivity index is 2.59. The zero-order valence-corrected chi connectivity index (χ0v) is 8.08. The number of nitrogens with zero attached hydrogens (tertiary/aromatic N) is 2. The molecule has 0 spiro atoms. The van der Waals surface area contributed by atoms with Gasteiger partial charge in [-0.2, -0.15) is 0 Å². The van der Waals surface area contributed by atoms with Crippen molar-refractivity contribution < 1.29 is 4.79 Å². The maximum atomic E-state index is 9.79. The monoisotopic (exact) mass is 178 g/mol. The Morgan fingerprint density at radius 3 is 2.92 bits per heavy atom. The van der Waals surface area contributed by atoms with Gasteiger partial charge in [0.2, 0.25) is 6.08 Å². The van der Waals surface area contributed by atoms with Crippen LogP contribution in [-0.4, -0.2) is 29.6 Å². The fraction of sp³-hybridized carbons (Fsp3) is 0.700. The highest BCUT2D eigenvalue weighted by Gasteiger charge is 2.24. The molecular weight excluding hydrogens is 164 g/mol. The molecule has 13 heavy (non-hydrogen) atoms. The molecule has 0 N–H and O–H groups in total. The number of hydrogen-bond donors (Lipinski definition) is 0. The first-order valence-corrected chi connectivity index (χ1v) is 4.59. The lowest BCUT2D eigenvalue weighted by Crippen LogP contribution is -2.34. The lowest BCUT2D eigenvalue weighted by molar-refractivity contribution is 0.239. The zero-order valence-electron chi connectivity index (χ0n) is 8.08. The van der Waals surface area contributed by atoms with E-state index in [1.165, 1.54) is 12.5 Å². The molecule has 1 atom stereocenters. The normalized spacial score (nSPS) is 22.2. The van der Waals surface area contributed by atoms with E-state index in [0.29, 0.717) is 6.04 Å². The van der Waals surface area contributed by atoms with Gasteiger partial charge in [-0.1, -0.05) is 5.92 Å². The van der Waals surface area contributed by atoms with Crippen LogP contribution in [0.15, 0.2) is 4.99 Å². The maximum absolute atomic E-state index is 9.79. The molecule has 0 aromatic heterocycles. The second-order valence-corrected chi connectivity index (χ2v) is 3.45. The number of hydrogen-bond acceptors (Lipinski definition) is 3. The molecule has 3 nitrogen and oxygen atoms in total. The van der Waals surface area contributed by atoms with Gasteiger partial charge in [0, 0.05) is 12.1 Å². The minimum absolute atomic E-state index is 0.275. The molecule has 1 fully saturated rings. The molecule has 1 unspecified atom stereocenters. The lowest BCUT2D eigenvalue weighted by atomic mass is 10.2. The number of carbonyl (C=O) groups excluding carboxylic acids is 1. The van der Waals surface area contributed by atoms with Crippen LogP contribution in [0.5, 0.6) is 0 Å². The number of rotatable bonds is 1. The predicted molar refractivity (Wildman–Crippen MR) is 50.8 cm³/mol. The van der Waals surface area contributed by atoms with E-state index in [2.05, 4.69) is 35.7 Å². The van der Waals surface area contributed by atoms with Gasteiger partial charge < -0.3 is 0 Å². The van der Waals surface area contributed by atoms with Crippen molar-refractivity contribution in [3.8, 4) is 12.0 Å². The first-order chi connectivity index (χ1) is 6.25. The van der Waals surface area contributed by atoms with Crippen molar-refractivity contribution in [2.75, 3.05) is 6.54 Å². The van der Waals surface area contributed by atoms with Crippen LogP contribution >= 0.6 is 0 Å². The summed E-state index contributed by atoms with van der Waals surface area (Å²) in [5, 5.41) is 0. The molecule has 1 aliphatic heterocycles. The van der Waals surface area contributed by atoms with Crippen molar-refractivity contribution in [3.05, 3.63) is 0 Å². The topological polar surface area (TPSA) is 32.7 Å². The molecule has 1 aliphatic rings. The molecule has 0 radical (unpaired) electrons. The number of likely N-dealkylation sites (tertiary alicyclic amines) is 1. The minimum atomic E-state index is 0.275. The average Bonchev–Trinajstić information content (AvgIpc) is 2.53. The molecular formula is C10H14N2O. The Labute approximate surface area is 78.8 Å². The van der Waals surface area contributed by atoms with Gasteiger partial charge in [0.1, 0.15) is 0 Å². The first kappa shape index (κ1) is 9.98. The summed E-state index contributed by atoms with van der Waals surface area (Å²) in [7, 11) is 0. The second kappa shape index (κ2) is 4.81. The zero-order chi connectivity index (χ0) is 9.68. The number of isocyanates is 1. The molecule has 3 heteroatoms. The summed E-state index contributed by atoms with van der Waals surface area (Å²) in [6, 6.07) is 3.26. The second-order valence-electron chi connectivity index (χ2n) is 3.45. The summed E-state index contributed by atoms with van der Waals surface area (Å²) in [4.78, 5) is 15.3. The highest BCUT2D eigenvalue weighted by Crippen LogP contribution is 2.18. The van der Waals surface area contributed by atoms with Gasteiger partial charge in [0.15, 0.2) is 0 Å². The third-order valence-electron chi connectivity index (χ3n) is 2.29. The van der Waals surface area contributed by atoms with E-state index in [4.69, 9.17) is 0 Å². The fourth-order valence-corrected chi connectivity index (χ4v) is 1.69. The summed E-state index contributed by atoms with van der Waals surface area (Å²) in [6.07, 6.45) is 3.68. The van der Waals surface area contributed by atoms with Crippen molar-refractivity contribution in [2.24, 2.45) is 4.99 Å². The van der Waals surface area contributed by atoms with Gasteiger partial charge in [-0.3, -0.25) is 4.90 Å². The Hall–Kier alpha value is -1.10. The molecule has 0 aromatic rings. The van der Waals surface area contributed by atoms with Crippen LogP contribution in [0.25, 0.3) is 0 Å². The standard InChI is InChI=1S/C10H14N2O/c1-9(2)12-7-3-4-10(12)5-6-11-8-13/h9-10H,3-4,7H2,1-2H3. The highest BCUT2D eigenvalue weighted by atomic mass is 16.1. The van der Waals surface area contributed by atoms with Gasteiger partial charge >= 0.3 is 0 Å². The van der Waals surface area contributed by atoms with Gasteiger partial charge in [-0.05, 0) is 33.2 Å². The molecule has 1 saturated heterocycles. The minimum Gasteiger partial charge on any atom is -0.287 e. The smallest absolute Gasteiger partial charge is 0.249 e. The predicted octanol–water partition coefficient (Wildman–Crippen LogP) is 1.16. The summed E-state index contributed by atoms with van der Waals surface area (Å²) in [5.74, 6) is 2.96. The molecule has 0 bridgehead atoms. The third-order valence-corrected chi connectivity index (χ3v) is 2.29. The van der Waals surface area contributed by atoms with E-state index in [1.54, 1.807) is 0 Å². The lowest BCUT2D eigenvalue weighted by Gasteiger charge is -2.24. The fourth-order valence-electron chi connectivity index (χ4n) is 1.69. The number of aliphatic imine (C=N–C) groups is 1. The van der Waals surface area contributed by atoms with Crippen LogP contribution in [0.4, 0.5) is 0 Å². The quantitative estimate of drug-likeness (QED) is 0.343. The highest BCUT2D eigenvalue weighted by molar-refractivity contribution is 5.36. The molecule has 70 valence electrons. The van der Waals surface area contributed by atoms with Crippen LogP contribution < -0.4 is 0 Å². The van der Waals surface area contributed by atoms with Crippen molar-refractivity contribution in [1.82, 2.24) is 4.90 Å². The maximum Gasteiger partial charge on any atom is 0.249 e. The van der Waals surface area contributed by atoms with Crippen LogP contribution in [0.3, 0.4) is 0 Å². The molecule has 0 amide bonds. The summed E-state index contributed by atoms with van der Waals surface area (Å²) in [6.45, 7) is 5.41. The van der Waals surface area contributed by atoms with Crippen LogP contribution in [-0.2, 0) is 4.79 Å². The van der Waals surface area contributed by atoms with E-state index in [9.17, 15) is 4.79 Å². The van der Waals surface area contributed by atoms with Crippen molar-refractivity contribution in [1.29, 1.82) is 0 Å². The van der Waals surface area contributed by atoms with Crippen LogP contribution in [0.2, 0.25) is 0 Å². The largest absolute Gasteiger partial charge is 0.287 e. The van der Waals surface area contributed by atoms with Crippen molar-refractivity contribution in [2.45, 2.75) is 38.8 Å². The van der Waals surface area contributed by atoms with Crippen LogP contribution in [0, 0.1) is 12.0 Å². The Morgan fingerprint density at radius 1 is 1.54 bits per heavy atom. The molecule has 0 saturated carbocycles. The van der Waals surface area contributed by atoms with Crippen molar-refractivity contribution in [3.63, 3.8) is 0 Å². The van der Waals surface area contributed by atoms with E-state index in [-0.39, 0.29) is 6.04 Å². The SMILES string of the molecule is CC(C)N1CCCC1C#CN=C=O. The van der Waals surface area contributed by atoms with E-state index < -0.39 is 0 Å². The van der Waals surface area contributed by atoms with Gasteiger partial charge in [-0.25, -0.2) is 4.79 Å². The molecule has 0 aliphatic carbocycles. The molecule has 0 aromatic carbocycles. The van der Waals surface area contributed by atoms with E-state index >= 15 is 0 Å². The first-order valence-electron chi connectivity index (χ1n) is 4.59. The molecule has 1 heterocycles. The average molecular weight is 178 g/mol. The summed E-state index contributed by atoms with van der Waals surface area (Å²) < 4.78 is 0. The van der Waals surface area contributed by atoms with Gasteiger partial charge in [0.05, 0.1) is 6.04 Å². The summed E-state index contributed by atoms with van der Waals surface area (Å²) in [5.41, 5.74) is 0. The Bertz CT molecular complexity index is 268. The van der Waals surface area contributed by atoms with Crippen LogP contribution in [0.1, 0.15) is 26.7 Å². The van der Waals surface area contributed by atoms with Gasteiger partial charge in [0.25, 0.3) is 0 Å². The van der Waals surface area contributed by atoms with Crippen molar-refractivity contribution >= 4 is 6.08 Å². The van der Waals surface area contributed by atoms with Gasteiger partial charge in [-0.15, -0.1) is 4.99 Å². The Morgan fingerprint density at radius 2 is 2.31 bits per heavy atom. The van der Waals surface area contributed by atoms with E-state index in [0.717, 1.165) is 13.0 Å².